The number of aliphatic hydroxyl groups is 5. The van der Waals surface area contributed by atoms with Gasteiger partial charge in [0.2, 0.25) is 5.43 Å². The van der Waals surface area contributed by atoms with Crippen LogP contribution in [0.4, 0.5) is 0 Å². The lowest BCUT2D eigenvalue weighted by Crippen LogP contribution is -2.62. The third kappa shape index (κ3) is 3.67. The number of aromatic nitrogens is 1. The van der Waals surface area contributed by atoms with Crippen molar-refractivity contribution in [3.63, 3.8) is 0 Å². The summed E-state index contributed by atoms with van der Waals surface area (Å²) in [6.45, 7) is 0.327. The first-order valence-electron chi connectivity index (χ1n) is 11.6. The lowest BCUT2D eigenvalue weighted by atomic mass is 9.93. The van der Waals surface area contributed by atoms with Gasteiger partial charge in [0, 0.05) is 30.5 Å². The second-order valence-electron chi connectivity index (χ2n) is 9.60. The number of aromatic hydroxyl groups is 1. The van der Waals surface area contributed by atoms with E-state index in [0.717, 1.165) is 0 Å². The van der Waals surface area contributed by atoms with Crippen molar-refractivity contribution in [1.82, 2.24) is 4.57 Å². The Morgan fingerprint density at radius 2 is 1.86 bits per heavy atom. The molecule has 2 aliphatic rings. The molecule has 2 aromatic carbocycles. The molecule has 6 N–H and O–H groups in total. The Balaban J connectivity index is 1.53. The molecule has 0 spiro atoms. The quantitative estimate of drug-likeness (QED) is 0.244. The molecule has 0 bridgehead atoms. The van der Waals surface area contributed by atoms with Gasteiger partial charge < -0.3 is 49.4 Å². The summed E-state index contributed by atoms with van der Waals surface area (Å²) >= 11 is 0. The van der Waals surface area contributed by atoms with Gasteiger partial charge >= 0.3 is 0 Å². The second-order valence-corrected chi connectivity index (χ2v) is 9.60. The van der Waals surface area contributed by atoms with E-state index in [1.54, 1.807) is 25.2 Å². The number of fused-ring (bicyclic) bond motifs is 4. The topological polar surface area (TPSA) is 171 Å². The van der Waals surface area contributed by atoms with Crippen LogP contribution in [-0.4, -0.2) is 90.8 Å². The smallest absolute Gasteiger partial charge is 0.200 e. The van der Waals surface area contributed by atoms with Crippen molar-refractivity contribution in [1.29, 1.82) is 0 Å². The first-order chi connectivity index (χ1) is 17.1. The summed E-state index contributed by atoms with van der Waals surface area (Å²) in [6, 6.07) is 8.43. The molecule has 1 saturated heterocycles. The fraction of sp³-hybridized carbons (Fsp3) is 0.480. The first-order valence-corrected chi connectivity index (χ1v) is 11.6. The van der Waals surface area contributed by atoms with Gasteiger partial charge in [-0.15, -0.1) is 0 Å². The Bertz CT molecular complexity index is 1370. The highest BCUT2D eigenvalue weighted by Gasteiger charge is 2.50. The SMILES string of the molecule is Cn1c2ccccc2c(=O)c2c(O)cc3c(c21)CC(C(C)(CO)O[C@@H]1O[C@H](CO)[C@@H](O)[C@H](O)[C@H]1O)O3. The molecule has 2 unspecified atom stereocenters. The van der Waals surface area contributed by atoms with Gasteiger partial charge in [-0.2, -0.15) is 0 Å². The zero-order valence-electron chi connectivity index (χ0n) is 19.7. The Labute approximate surface area is 205 Å². The number of aliphatic hydroxyl groups excluding tert-OH is 5. The van der Waals surface area contributed by atoms with E-state index in [9.17, 15) is 35.4 Å². The van der Waals surface area contributed by atoms with Gasteiger partial charge in [0.05, 0.1) is 29.6 Å². The molecule has 0 radical (unpaired) electrons. The van der Waals surface area contributed by atoms with Gasteiger partial charge in [0.1, 0.15) is 47.6 Å². The molecule has 1 fully saturated rings. The van der Waals surface area contributed by atoms with Crippen molar-refractivity contribution in [2.45, 2.75) is 55.8 Å². The number of ether oxygens (including phenoxy) is 3. The minimum atomic E-state index is -1.66. The number of phenols is 1. The predicted molar refractivity (Wildman–Crippen MR) is 127 cm³/mol. The van der Waals surface area contributed by atoms with Gasteiger partial charge in [0.15, 0.2) is 6.29 Å². The van der Waals surface area contributed by atoms with E-state index in [-0.39, 0.29) is 23.0 Å². The van der Waals surface area contributed by atoms with Crippen LogP contribution in [0.1, 0.15) is 12.5 Å². The number of hydrogen-bond donors (Lipinski definition) is 6. The maximum absolute atomic E-state index is 13.2. The average molecular weight is 504 g/mol. The van der Waals surface area contributed by atoms with Crippen molar-refractivity contribution >= 4 is 21.8 Å². The van der Waals surface area contributed by atoms with E-state index >= 15 is 0 Å². The lowest BCUT2D eigenvalue weighted by molar-refractivity contribution is -0.335. The molecule has 5 rings (SSSR count). The van der Waals surface area contributed by atoms with Crippen molar-refractivity contribution in [2.24, 2.45) is 7.05 Å². The molecule has 36 heavy (non-hydrogen) atoms. The molecule has 7 atom stereocenters. The molecule has 0 saturated carbocycles. The maximum atomic E-state index is 13.2. The van der Waals surface area contributed by atoms with Crippen LogP contribution < -0.4 is 10.2 Å². The van der Waals surface area contributed by atoms with Crippen molar-refractivity contribution < 1.29 is 44.8 Å². The van der Waals surface area contributed by atoms with Crippen LogP contribution in [0, 0.1) is 0 Å². The molecule has 0 aliphatic carbocycles. The highest BCUT2D eigenvalue weighted by atomic mass is 16.7. The predicted octanol–water partition coefficient (Wildman–Crippen LogP) is -0.732. The molecule has 1 aromatic heterocycles. The zero-order chi connectivity index (χ0) is 25.9. The number of nitrogens with zero attached hydrogens (tertiary/aromatic N) is 1. The van der Waals surface area contributed by atoms with E-state index < -0.39 is 55.6 Å². The van der Waals surface area contributed by atoms with Gasteiger partial charge in [-0.3, -0.25) is 4.79 Å². The molecule has 0 amide bonds. The monoisotopic (exact) mass is 503 g/mol. The van der Waals surface area contributed by atoms with Gasteiger partial charge in [-0.05, 0) is 19.1 Å². The van der Waals surface area contributed by atoms with Crippen molar-refractivity contribution in [3.8, 4) is 11.5 Å². The molecule has 3 heterocycles. The normalized spacial score (nSPS) is 29.8. The van der Waals surface area contributed by atoms with Crippen LogP contribution >= 0.6 is 0 Å². The van der Waals surface area contributed by atoms with Crippen LogP contribution in [0.5, 0.6) is 11.5 Å². The van der Waals surface area contributed by atoms with Crippen LogP contribution in [0.3, 0.4) is 0 Å². The number of aryl methyl sites for hydroxylation is 1. The number of benzene rings is 2. The zero-order valence-corrected chi connectivity index (χ0v) is 19.7. The maximum Gasteiger partial charge on any atom is 0.200 e. The number of hydrogen-bond acceptors (Lipinski definition) is 10. The van der Waals surface area contributed by atoms with Crippen LogP contribution in [-0.2, 0) is 22.9 Å². The third-order valence-corrected chi connectivity index (χ3v) is 7.30. The van der Waals surface area contributed by atoms with E-state index in [1.807, 2.05) is 10.6 Å². The first kappa shape index (κ1) is 24.9. The highest BCUT2D eigenvalue weighted by Crippen LogP contribution is 2.43. The number of rotatable bonds is 5. The Hall–Kier alpha value is -2.77. The molecule has 2 aliphatic heterocycles. The Morgan fingerprint density at radius 3 is 2.56 bits per heavy atom. The average Bonchev–Trinajstić information content (AvgIpc) is 3.31. The van der Waals surface area contributed by atoms with Crippen molar-refractivity contribution in [2.75, 3.05) is 13.2 Å². The largest absolute Gasteiger partial charge is 0.507 e. The van der Waals surface area contributed by atoms with E-state index in [0.29, 0.717) is 27.7 Å². The van der Waals surface area contributed by atoms with Crippen LogP contribution in [0.15, 0.2) is 35.1 Å². The highest BCUT2D eigenvalue weighted by molar-refractivity contribution is 5.99. The molecule has 3 aromatic rings. The summed E-state index contributed by atoms with van der Waals surface area (Å²) < 4.78 is 19.3. The Kier molecular flexibility index (Phi) is 6.20. The van der Waals surface area contributed by atoms with Gasteiger partial charge in [-0.25, -0.2) is 0 Å². The summed E-state index contributed by atoms with van der Waals surface area (Å²) in [5, 5.41) is 61.7. The van der Waals surface area contributed by atoms with E-state index in [4.69, 9.17) is 14.2 Å². The molecular formula is C25H29NO10. The fourth-order valence-electron chi connectivity index (χ4n) is 5.15. The second kappa shape index (κ2) is 8.96. The molecule has 11 nitrogen and oxygen atoms in total. The number of para-hydroxylation sites is 1. The Morgan fingerprint density at radius 1 is 1.14 bits per heavy atom. The molecular weight excluding hydrogens is 474 g/mol. The van der Waals surface area contributed by atoms with Crippen LogP contribution in [0.2, 0.25) is 0 Å². The van der Waals surface area contributed by atoms with E-state index in [1.165, 1.54) is 13.0 Å². The number of pyridine rings is 1. The summed E-state index contributed by atoms with van der Waals surface area (Å²) in [5.74, 6) is 0.0728. The van der Waals surface area contributed by atoms with E-state index in [2.05, 4.69) is 0 Å². The minimum Gasteiger partial charge on any atom is -0.507 e. The standard InChI is InChI=1S/C25H29NO10/c1-25(10-28,36-24-23(33)22(32)21(31)16(9-27)35-24)17-7-12-15(34-17)8-14(29)18-19(12)26(2)13-6-4-3-5-11(13)20(18)30/h3-6,8,16-17,21-24,27-29,31-33H,7,9-10H2,1-2H3/t16-,17?,21-,22+,23-,24+,25?/m1/s1. The van der Waals surface area contributed by atoms with Gasteiger partial charge in [0.25, 0.3) is 0 Å². The summed E-state index contributed by atoms with van der Waals surface area (Å²) in [4.78, 5) is 13.2. The lowest BCUT2D eigenvalue weighted by Gasteiger charge is -2.44. The molecule has 11 heteroatoms. The fourth-order valence-corrected chi connectivity index (χ4v) is 5.15. The minimum absolute atomic E-state index is 0.153. The molecule has 194 valence electrons. The van der Waals surface area contributed by atoms with Crippen molar-refractivity contribution in [3.05, 3.63) is 46.1 Å². The van der Waals surface area contributed by atoms with Crippen LogP contribution in [0.25, 0.3) is 21.8 Å². The number of phenolic OH excluding ortho intramolecular Hbond substituents is 1. The summed E-state index contributed by atoms with van der Waals surface area (Å²) in [7, 11) is 1.78. The van der Waals surface area contributed by atoms with Gasteiger partial charge in [-0.1, -0.05) is 12.1 Å². The summed E-state index contributed by atoms with van der Waals surface area (Å²) in [6.07, 6.45) is -8.17. The summed E-state index contributed by atoms with van der Waals surface area (Å²) in [5.41, 5.74) is 0.00268. The third-order valence-electron chi connectivity index (χ3n) is 7.30.